The summed E-state index contributed by atoms with van der Waals surface area (Å²) < 4.78 is 0. The van der Waals surface area contributed by atoms with Gasteiger partial charge in [0.15, 0.2) is 11.6 Å². The molecule has 0 radical (unpaired) electrons. The highest BCUT2D eigenvalue weighted by Gasteiger charge is 2.39. The Labute approximate surface area is 117 Å². The average molecular weight is 265 g/mol. The van der Waals surface area contributed by atoms with Gasteiger partial charge in [0.2, 0.25) is 0 Å². The van der Waals surface area contributed by atoms with Gasteiger partial charge in [-0.05, 0) is 30.5 Å². The van der Waals surface area contributed by atoms with E-state index < -0.39 is 5.92 Å². The second kappa shape index (κ2) is 5.37. The molecule has 0 bridgehead atoms. The number of Topliss-reactive ketones (excluding diaryl/α,β-unsaturated/α-hetero) is 2. The van der Waals surface area contributed by atoms with Gasteiger partial charge in [-0.25, -0.2) is 0 Å². The Morgan fingerprint density at radius 1 is 1.00 bits per heavy atom. The van der Waals surface area contributed by atoms with Crippen LogP contribution in [-0.2, 0) is 4.79 Å². The second-order valence-electron chi connectivity index (χ2n) is 5.12. The molecule has 3 nitrogen and oxygen atoms in total. The fourth-order valence-electron chi connectivity index (χ4n) is 2.38. The molecule has 2 aromatic rings. The standard InChI is InChI=1S/C17H15NO2/c19-16(13-6-7-13)15(12-4-2-1-3-5-12)17(20)14-8-10-18-11-9-14/h1-5,8-11,13,15H,6-7H2. The molecular weight excluding hydrogens is 250 g/mol. The van der Waals surface area contributed by atoms with Crippen molar-refractivity contribution in [2.75, 3.05) is 0 Å². The van der Waals surface area contributed by atoms with Crippen LogP contribution < -0.4 is 0 Å². The summed E-state index contributed by atoms with van der Waals surface area (Å²) in [7, 11) is 0. The Kier molecular flexibility index (Phi) is 3.42. The van der Waals surface area contributed by atoms with E-state index in [9.17, 15) is 9.59 Å². The minimum atomic E-state index is -0.675. The van der Waals surface area contributed by atoms with E-state index in [-0.39, 0.29) is 17.5 Å². The Morgan fingerprint density at radius 2 is 1.65 bits per heavy atom. The first-order chi connectivity index (χ1) is 9.77. The lowest BCUT2D eigenvalue weighted by molar-refractivity contribution is -0.120. The lowest BCUT2D eigenvalue weighted by Crippen LogP contribution is -2.23. The van der Waals surface area contributed by atoms with Gasteiger partial charge in [0, 0.05) is 23.9 Å². The van der Waals surface area contributed by atoms with Crippen LogP contribution in [0.2, 0.25) is 0 Å². The number of rotatable bonds is 5. The molecule has 1 atom stereocenters. The summed E-state index contributed by atoms with van der Waals surface area (Å²) in [4.78, 5) is 29.1. The lowest BCUT2D eigenvalue weighted by atomic mass is 9.85. The molecule has 3 heteroatoms. The minimum Gasteiger partial charge on any atom is -0.298 e. The molecule has 0 saturated heterocycles. The van der Waals surface area contributed by atoms with Gasteiger partial charge in [-0.2, -0.15) is 0 Å². The highest BCUT2D eigenvalue weighted by Crippen LogP contribution is 2.36. The van der Waals surface area contributed by atoms with Crippen LogP contribution in [0.4, 0.5) is 0 Å². The Morgan fingerprint density at radius 3 is 2.25 bits per heavy atom. The van der Waals surface area contributed by atoms with Gasteiger partial charge in [-0.3, -0.25) is 14.6 Å². The van der Waals surface area contributed by atoms with Gasteiger partial charge in [0.1, 0.15) is 5.92 Å². The average Bonchev–Trinajstić information content (AvgIpc) is 3.34. The molecule has 1 aromatic carbocycles. The largest absolute Gasteiger partial charge is 0.298 e. The quantitative estimate of drug-likeness (QED) is 0.616. The molecule has 1 unspecified atom stereocenters. The summed E-state index contributed by atoms with van der Waals surface area (Å²) >= 11 is 0. The zero-order valence-electron chi connectivity index (χ0n) is 11.0. The van der Waals surface area contributed by atoms with Gasteiger partial charge >= 0.3 is 0 Å². The summed E-state index contributed by atoms with van der Waals surface area (Å²) in [6.07, 6.45) is 4.98. The number of hydrogen-bond donors (Lipinski definition) is 0. The number of hydrogen-bond acceptors (Lipinski definition) is 3. The van der Waals surface area contributed by atoms with E-state index in [1.165, 1.54) is 0 Å². The summed E-state index contributed by atoms with van der Waals surface area (Å²) in [6, 6.07) is 12.6. The number of carbonyl (C=O) groups is 2. The Balaban J connectivity index is 1.97. The van der Waals surface area contributed by atoms with Crippen LogP contribution >= 0.6 is 0 Å². The minimum absolute atomic E-state index is 0.0537. The van der Waals surface area contributed by atoms with Gasteiger partial charge in [-0.15, -0.1) is 0 Å². The van der Waals surface area contributed by atoms with Crippen LogP contribution in [0.3, 0.4) is 0 Å². The van der Waals surface area contributed by atoms with Gasteiger partial charge in [0.05, 0.1) is 0 Å². The first kappa shape index (κ1) is 12.7. The van der Waals surface area contributed by atoms with Crippen molar-refractivity contribution in [2.24, 2.45) is 5.92 Å². The Hall–Kier alpha value is -2.29. The summed E-state index contributed by atoms with van der Waals surface area (Å²) in [5.41, 5.74) is 1.33. The van der Waals surface area contributed by atoms with Crippen LogP contribution in [0.5, 0.6) is 0 Å². The zero-order chi connectivity index (χ0) is 13.9. The number of aromatic nitrogens is 1. The molecule has 1 saturated carbocycles. The number of ketones is 2. The first-order valence-electron chi connectivity index (χ1n) is 6.80. The Bertz CT molecular complexity index is 618. The maximum absolute atomic E-state index is 12.7. The van der Waals surface area contributed by atoms with Crippen molar-refractivity contribution in [3.63, 3.8) is 0 Å². The lowest BCUT2D eigenvalue weighted by Gasteiger charge is -2.15. The van der Waals surface area contributed by atoms with Crippen LogP contribution in [0, 0.1) is 5.92 Å². The van der Waals surface area contributed by atoms with Gasteiger partial charge in [0.25, 0.3) is 0 Å². The molecule has 1 fully saturated rings. The molecule has 0 amide bonds. The molecule has 0 aliphatic heterocycles. The molecule has 0 N–H and O–H groups in total. The zero-order valence-corrected chi connectivity index (χ0v) is 11.0. The first-order valence-corrected chi connectivity index (χ1v) is 6.80. The maximum Gasteiger partial charge on any atom is 0.177 e. The summed E-state index contributed by atoms with van der Waals surface area (Å²) in [6.45, 7) is 0. The predicted octanol–water partition coefficient (Wildman–Crippen LogP) is 3.03. The molecule has 100 valence electrons. The van der Waals surface area contributed by atoms with Crippen molar-refractivity contribution in [3.05, 3.63) is 66.0 Å². The van der Waals surface area contributed by atoms with Crippen molar-refractivity contribution in [1.29, 1.82) is 0 Å². The molecule has 1 heterocycles. The van der Waals surface area contributed by atoms with E-state index in [0.29, 0.717) is 5.56 Å². The van der Waals surface area contributed by atoms with E-state index in [4.69, 9.17) is 0 Å². The maximum atomic E-state index is 12.7. The summed E-state index contributed by atoms with van der Waals surface area (Å²) in [5, 5.41) is 0. The third-order valence-electron chi connectivity index (χ3n) is 3.62. The highest BCUT2D eigenvalue weighted by molar-refractivity contribution is 6.15. The monoisotopic (exact) mass is 265 g/mol. The molecule has 1 aromatic heterocycles. The molecule has 3 rings (SSSR count). The number of carbonyl (C=O) groups excluding carboxylic acids is 2. The molecule has 20 heavy (non-hydrogen) atoms. The highest BCUT2D eigenvalue weighted by atomic mass is 16.2. The smallest absolute Gasteiger partial charge is 0.177 e. The third kappa shape index (κ3) is 2.52. The van der Waals surface area contributed by atoms with Crippen molar-refractivity contribution in [2.45, 2.75) is 18.8 Å². The van der Waals surface area contributed by atoms with Gasteiger partial charge in [-0.1, -0.05) is 30.3 Å². The SMILES string of the molecule is O=C(c1ccncc1)C(C(=O)C1CC1)c1ccccc1. The van der Waals surface area contributed by atoms with E-state index in [0.717, 1.165) is 18.4 Å². The van der Waals surface area contributed by atoms with Crippen molar-refractivity contribution in [3.8, 4) is 0 Å². The molecule has 0 spiro atoms. The fraction of sp³-hybridized carbons (Fsp3) is 0.235. The van der Waals surface area contributed by atoms with Crippen LogP contribution in [-0.4, -0.2) is 16.6 Å². The van der Waals surface area contributed by atoms with E-state index in [1.807, 2.05) is 30.3 Å². The van der Waals surface area contributed by atoms with E-state index >= 15 is 0 Å². The number of benzene rings is 1. The van der Waals surface area contributed by atoms with E-state index in [1.54, 1.807) is 24.5 Å². The fourth-order valence-corrected chi connectivity index (χ4v) is 2.38. The molecular formula is C17H15NO2. The normalized spacial score (nSPS) is 15.6. The van der Waals surface area contributed by atoms with Crippen molar-refractivity contribution < 1.29 is 9.59 Å². The van der Waals surface area contributed by atoms with Crippen LogP contribution in [0.25, 0.3) is 0 Å². The van der Waals surface area contributed by atoms with Crippen molar-refractivity contribution >= 4 is 11.6 Å². The molecule has 1 aliphatic rings. The second-order valence-corrected chi connectivity index (χ2v) is 5.12. The number of nitrogens with zero attached hydrogens (tertiary/aromatic N) is 1. The van der Waals surface area contributed by atoms with Crippen molar-refractivity contribution in [1.82, 2.24) is 4.98 Å². The molecule has 1 aliphatic carbocycles. The third-order valence-corrected chi connectivity index (χ3v) is 3.62. The summed E-state index contributed by atoms with van der Waals surface area (Å²) in [5.74, 6) is -0.689. The predicted molar refractivity (Wildman–Crippen MR) is 75.5 cm³/mol. The van der Waals surface area contributed by atoms with Crippen LogP contribution in [0.15, 0.2) is 54.9 Å². The topological polar surface area (TPSA) is 47.0 Å². The number of pyridine rings is 1. The van der Waals surface area contributed by atoms with Crippen LogP contribution in [0.1, 0.15) is 34.7 Å². The van der Waals surface area contributed by atoms with Gasteiger partial charge < -0.3 is 0 Å². The van der Waals surface area contributed by atoms with E-state index in [2.05, 4.69) is 4.98 Å².